The van der Waals surface area contributed by atoms with Crippen molar-refractivity contribution in [2.75, 3.05) is 0 Å². The number of nitrogens with zero attached hydrogens (tertiary/aromatic N) is 1. The van der Waals surface area contributed by atoms with Crippen LogP contribution in [0.4, 0.5) is 0 Å². The third kappa shape index (κ3) is 6.61. The molecule has 0 fully saturated rings. The summed E-state index contributed by atoms with van der Waals surface area (Å²) >= 11 is 1.53. The van der Waals surface area contributed by atoms with Gasteiger partial charge in [0.05, 0.1) is 5.01 Å². The number of aryl methyl sites for hydroxylation is 1. The van der Waals surface area contributed by atoms with E-state index in [9.17, 15) is 9.59 Å². The molecule has 1 atom stereocenters. The molecular formula is C17H20N2O3S. The molecule has 1 amide bonds. The van der Waals surface area contributed by atoms with Gasteiger partial charge in [-0.05, 0) is 18.4 Å². The van der Waals surface area contributed by atoms with Crippen molar-refractivity contribution in [3.8, 4) is 0 Å². The summed E-state index contributed by atoms with van der Waals surface area (Å²) in [7, 11) is 0. The van der Waals surface area contributed by atoms with Crippen molar-refractivity contribution >= 4 is 23.2 Å². The molecule has 122 valence electrons. The van der Waals surface area contributed by atoms with Crippen LogP contribution in [0.25, 0.3) is 0 Å². The van der Waals surface area contributed by atoms with Gasteiger partial charge in [-0.2, -0.15) is 0 Å². The first-order chi connectivity index (χ1) is 11.1. The number of carbonyl (C=O) groups is 2. The first-order valence-corrected chi connectivity index (χ1v) is 8.45. The fraction of sp³-hybridized carbons (Fsp3) is 0.353. The highest BCUT2D eigenvalue weighted by atomic mass is 32.1. The third-order valence-corrected chi connectivity index (χ3v) is 4.29. The fourth-order valence-corrected chi connectivity index (χ4v) is 2.94. The standard InChI is InChI=1S/C17H20N2O3S/c20-15(7-8-16-18-10-11-23-16)19-14(6-9-17(21)22)12-13-4-2-1-3-5-13/h1-5,10-11,14H,6-9,12H2,(H,19,20)(H,21,22). The van der Waals surface area contributed by atoms with Crippen LogP contribution < -0.4 is 5.32 Å². The average molecular weight is 332 g/mol. The quantitative estimate of drug-likeness (QED) is 0.740. The van der Waals surface area contributed by atoms with Crippen LogP contribution in [-0.2, 0) is 22.4 Å². The number of nitrogens with one attached hydrogen (secondary N) is 1. The van der Waals surface area contributed by atoms with Gasteiger partial charge in [-0.3, -0.25) is 9.59 Å². The Balaban J connectivity index is 1.87. The van der Waals surface area contributed by atoms with E-state index < -0.39 is 5.97 Å². The topological polar surface area (TPSA) is 79.3 Å². The number of benzene rings is 1. The Bertz CT molecular complexity index is 614. The number of hydrogen-bond acceptors (Lipinski definition) is 4. The number of aromatic nitrogens is 1. The molecule has 0 bridgehead atoms. The van der Waals surface area contributed by atoms with E-state index in [0.717, 1.165) is 10.6 Å². The number of aliphatic carboxylic acids is 1. The zero-order valence-electron chi connectivity index (χ0n) is 12.8. The second-order valence-electron chi connectivity index (χ2n) is 5.31. The van der Waals surface area contributed by atoms with Gasteiger partial charge in [0.2, 0.25) is 5.91 Å². The summed E-state index contributed by atoms with van der Waals surface area (Å²) in [5.74, 6) is -0.911. The number of carboxylic acids is 1. The molecule has 6 heteroatoms. The largest absolute Gasteiger partial charge is 0.481 e. The lowest BCUT2D eigenvalue weighted by Crippen LogP contribution is -2.37. The van der Waals surface area contributed by atoms with Crippen molar-refractivity contribution in [2.45, 2.75) is 38.1 Å². The molecule has 0 aliphatic heterocycles. The number of hydrogen-bond donors (Lipinski definition) is 2. The minimum absolute atomic E-state index is 0.0459. The molecule has 0 saturated carbocycles. The summed E-state index contributed by atoms with van der Waals surface area (Å²) in [6.45, 7) is 0. The number of rotatable bonds is 9. The van der Waals surface area contributed by atoms with Crippen molar-refractivity contribution in [1.29, 1.82) is 0 Å². The molecule has 23 heavy (non-hydrogen) atoms. The fourth-order valence-electron chi connectivity index (χ4n) is 2.32. The second kappa shape index (κ2) is 9.05. The van der Waals surface area contributed by atoms with E-state index >= 15 is 0 Å². The zero-order chi connectivity index (χ0) is 16.5. The highest BCUT2D eigenvalue weighted by Gasteiger charge is 2.15. The predicted molar refractivity (Wildman–Crippen MR) is 89.4 cm³/mol. The van der Waals surface area contributed by atoms with Crippen LogP contribution in [0, 0.1) is 0 Å². The molecule has 2 aromatic rings. The lowest BCUT2D eigenvalue weighted by Gasteiger charge is -2.18. The molecule has 0 radical (unpaired) electrons. The Kier molecular flexibility index (Phi) is 6.75. The molecule has 0 aliphatic carbocycles. The summed E-state index contributed by atoms with van der Waals surface area (Å²) in [4.78, 5) is 27.1. The van der Waals surface area contributed by atoms with Gasteiger partial charge in [-0.1, -0.05) is 30.3 Å². The molecule has 2 rings (SSSR count). The predicted octanol–water partition coefficient (Wildman–Crippen LogP) is 2.67. The van der Waals surface area contributed by atoms with Gasteiger partial charge in [-0.15, -0.1) is 11.3 Å². The third-order valence-electron chi connectivity index (χ3n) is 3.45. The minimum atomic E-state index is -0.847. The normalized spacial score (nSPS) is 11.8. The van der Waals surface area contributed by atoms with Crippen LogP contribution in [-0.4, -0.2) is 28.0 Å². The van der Waals surface area contributed by atoms with Crippen LogP contribution in [0.5, 0.6) is 0 Å². The first kappa shape index (κ1) is 17.1. The van der Waals surface area contributed by atoms with Crippen molar-refractivity contribution in [1.82, 2.24) is 10.3 Å². The van der Waals surface area contributed by atoms with Crippen LogP contribution in [0.3, 0.4) is 0 Å². The first-order valence-electron chi connectivity index (χ1n) is 7.57. The Morgan fingerprint density at radius 3 is 2.65 bits per heavy atom. The van der Waals surface area contributed by atoms with E-state index in [0.29, 0.717) is 25.7 Å². The highest BCUT2D eigenvalue weighted by molar-refractivity contribution is 7.09. The highest BCUT2D eigenvalue weighted by Crippen LogP contribution is 2.10. The summed E-state index contributed by atoms with van der Waals surface area (Å²) in [5.41, 5.74) is 1.09. The maximum atomic E-state index is 12.1. The Labute approximate surface area is 139 Å². The maximum absolute atomic E-state index is 12.1. The maximum Gasteiger partial charge on any atom is 0.303 e. The van der Waals surface area contributed by atoms with Crippen molar-refractivity contribution in [3.63, 3.8) is 0 Å². The van der Waals surface area contributed by atoms with Crippen LogP contribution in [0.2, 0.25) is 0 Å². The Hall–Kier alpha value is -2.21. The SMILES string of the molecule is O=C(O)CCC(Cc1ccccc1)NC(=O)CCc1nccs1. The zero-order valence-corrected chi connectivity index (χ0v) is 13.6. The van der Waals surface area contributed by atoms with E-state index in [2.05, 4.69) is 10.3 Å². The summed E-state index contributed by atoms with van der Waals surface area (Å²) in [6.07, 6.45) is 3.81. The van der Waals surface area contributed by atoms with E-state index in [1.807, 2.05) is 35.7 Å². The van der Waals surface area contributed by atoms with Crippen LogP contribution >= 0.6 is 11.3 Å². The van der Waals surface area contributed by atoms with Gasteiger partial charge in [-0.25, -0.2) is 4.98 Å². The Morgan fingerprint density at radius 1 is 1.22 bits per heavy atom. The summed E-state index contributed by atoms with van der Waals surface area (Å²) in [5, 5.41) is 14.7. The molecule has 1 aromatic heterocycles. The smallest absolute Gasteiger partial charge is 0.303 e. The monoisotopic (exact) mass is 332 g/mol. The summed E-state index contributed by atoms with van der Waals surface area (Å²) < 4.78 is 0. The number of thiazole rings is 1. The lowest BCUT2D eigenvalue weighted by molar-refractivity contribution is -0.137. The van der Waals surface area contributed by atoms with Gasteiger partial charge in [0.1, 0.15) is 0 Å². The van der Waals surface area contributed by atoms with Crippen molar-refractivity contribution in [2.24, 2.45) is 0 Å². The van der Waals surface area contributed by atoms with Gasteiger partial charge in [0.25, 0.3) is 0 Å². The van der Waals surface area contributed by atoms with Crippen LogP contribution in [0.1, 0.15) is 29.8 Å². The number of amides is 1. The van der Waals surface area contributed by atoms with Gasteiger partial charge in [0.15, 0.2) is 0 Å². The molecule has 0 aliphatic rings. The van der Waals surface area contributed by atoms with E-state index in [1.54, 1.807) is 6.20 Å². The minimum Gasteiger partial charge on any atom is -0.481 e. The number of carbonyl (C=O) groups excluding carboxylic acids is 1. The molecular weight excluding hydrogens is 312 g/mol. The molecule has 1 aromatic carbocycles. The Morgan fingerprint density at radius 2 is 2.00 bits per heavy atom. The number of carboxylic acid groups (broad SMARTS) is 1. The molecule has 2 N–H and O–H groups in total. The second-order valence-corrected chi connectivity index (χ2v) is 6.29. The molecule has 0 saturated heterocycles. The average Bonchev–Trinajstić information content (AvgIpc) is 3.05. The van der Waals surface area contributed by atoms with Crippen molar-refractivity contribution in [3.05, 3.63) is 52.5 Å². The molecule has 0 spiro atoms. The van der Waals surface area contributed by atoms with Gasteiger partial charge < -0.3 is 10.4 Å². The van der Waals surface area contributed by atoms with Crippen molar-refractivity contribution < 1.29 is 14.7 Å². The molecule has 5 nitrogen and oxygen atoms in total. The van der Waals surface area contributed by atoms with E-state index in [4.69, 9.17) is 5.11 Å². The van der Waals surface area contributed by atoms with Gasteiger partial charge in [0, 0.05) is 36.9 Å². The molecule has 1 unspecified atom stereocenters. The summed E-state index contributed by atoms with van der Waals surface area (Å²) in [6, 6.07) is 9.60. The van der Waals surface area contributed by atoms with E-state index in [1.165, 1.54) is 11.3 Å². The van der Waals surface area contributed by atoms with Crippen LogP contribution in [0.15, 0.2) is 41.9 Å². The molecule has 1 heterocycles. The van der Waals surface area contributed by atoms with E-state index in [-0.39, 0.29) is 18.4 Å². The van der Waals surface area contributed by atoms with Gasteiger partial charge >= 0.3 is 5.97 Å². The lowest BCUT2D eigenvalue weighted by atomic mass is 10.0.